The first-order chi connectivity index (χ1) is 20.4. The van der Waals surface area contributed by atoms with Gasteiger partial charge in [-0.3, -0.25) is 4.79 Å². The van der Waals surface area contributed by atoms with Crippen LogP contribution in [0.4, 0.5) is 5.82 Å². The summed E-state index contributed by atoms with van der Waals surface area (Å²) in [5, 5.41) is 11.9. The Morgan fingerprint density at radius 2 is 1.93 bits per heavy atom. The molecule has 224 valence electrons. The molecule has 0 radical (unpaired) electrons. The van der Waals surface area contributed by atoms with Crippen molar-refractivity contribution in [1.82, 2.24) is 19.4 Å². The van der Waals surface area contributed by atoms with Gasteiger partial charge >= 0.3 is 0 Å². The minimum Gasteiger partial charge on any atom is -0.389 e. The van der Waals surface area contributed by atoms with Crippen LogP contribution in [0.1, 0.15) is 36.8 Å². The molecule has 5 rings (SSSR count). The van der Waals surface area contributed by atoms with E-state index in [-0.39, 0.29) is 11.6 Å². The van der Waals surface area contributed by atoms with Crippen LogP contribution in [0.5, 0.6) is 0 Å². The molecule has 8 nitrogen and oxygen atoms in total. The summed E-state index contributed by atoms with van der Waals surface area (Å²) in [6.07, 6.45) is 5.50. The molecule has 3 heterocycles. The van der Waals surface area contributed by atoms with Gasteiger partial charge < -0.3 is 24.2 Å². The van der Waals surface area contributed by atoms with E-state index in [0.29, 0.717) is 42.7 Å². The predicted octanol–water partition coefficient (Wildman–Crippen LogP) is 5.76. The van der Waals surface area contributed by atoms with Crippen LogP contribution in [0.2, 0.25) is 5.02 Å². The first kappa shape index (κ1) is 30.5. The molecule has 9 heteroatoms. The number of rotatable bonds is 8. The number of pyridine rings is 1. The molecule has 43 heavy (non-hydrogen) atoms. The van der Waals surface area contributed by atoms with E-state index in [1.165, 1.54) is 0 Å². The fourth-order valence-electron chi connectivity index (χ4n) is 5.59. The summed E-state index contributed by atoms with van der Waals surface area (Å²) >= 11 is 6.22. The summed E-state index contributed by atoms with van der Waals surface area (Å²) in [6.45, 7) is 11.5. The van der Waals surface area contributed by atoms with E-state index in [0.717, 1.165) is 39.0 Å². The number of aryl methyl sites for hydroxylation is 2. The topological polar surface area (TPSA) is 83.7 Å². The first-order valence-corrected chi connectivity index (χ1v) is 14.7. The van der Waals surface area contributed by atoms with Crippen LogP contribution in [-0.2, 0) is 11.8 Å². The van der Waals surface area contributed by atoms with Gasteiger partial charge in [-0.15, -0.1) is 0 Å². The predicted molar refractivity (Wildman–Crippen MR) is 174 cm³/mol. The van der Waals surface area contributed by atoms with Crippen molar-refractivity contribution in [2.45, 2.75) is 32.4 Å². The van der Waals surface area contributed by atoms with Crippen LogP contribution in [0, 0.1) is 6.92 Å². The molecule has 0 spiro atoms. The van der Waals surface area contributed by atoms with Gasteiger partial charge in [0.15, 0.2) is 5.82 Å². The second kappa shape index (κ2) is 12.3. The summed E-state index contributed by atoms with van der Waals surface area (Å²) in [5.74, 6) is 1.32. The molecule has 4 aromatic rings. The molecule has 0 amide bonds. The minimum absolute atomic E-state index is 0.0179. The average Bonchev–Trinajstić information content (AvgIpc) is 2.97. The standard InChI is InChI=1S/C34H38ClN5O3/c1-7-23(18-38(5)21-34(3,4)42)31-36-29-13-10-25(26-16-22(2)33(41)39(6)19-26)17-28(29)32(37-31)40-14-15-43-20-30(40)24-8-11-27(35)12-9-24/h7-13,16-19,30,42H,1,14-15,20-21H2,2-6H3/b23-18+. The molecule has 0 aliphatic carbocycles. The van der Waals surface area contributed by atoms with Crippen molar-refractivity contribution >= 4 is 33.9 Å². The SMILES string of the molecule is C=C/C(=C\N(C)CC(C)(C)O)c1nc(N2CCOCC2c2ccc(Cl)cc2)c2cc(-c3cc(C)c(=O)n(C)c3)ccc2n1. The van der Waals surface area contributed by atoms with E-state index in [1.54, 1.807) is 31.5 Å². The van der Waals surface area contributed by atoms with Crippen molar-refractivity contribution < 1.29 is 9.84 Å². The maximum Gasteiger partial charge on any atom is 0.253 e. The Morgan fingerprint density at radius 3 is 2.60 bits per heavy atom. The molecular weight excluding hydrogens is 562 g/mol. The van der Waals surface area contributed by atoms with Crippen molar-refractivity contribution in [3.63, 3.8) is 0 Å². The Morgan fingerprint density at radius 1 is 1.19 bits per heavy atom. The van der Waals surface area contributed by atoms with Crippen LogP contribution >= 0.6 is 11.6 Å². The molecule has 0 bridgehead atoms. The molecule has 1 fully saturated rings. The zero-order valence-corrected chi connectivity index (χ0v) is 26.1. The van der Waals surface area contributed by atoms with Gasteiger partial charge in [-0.05, 0) is 67.8 Å². The van der Waals surface area contributed by atoms with Gasteiger partial charge in [0, 0.05) is 61.1 Å². The third-order valence-electron chi connectivity index (χ3n) is 7.50. The maximum atomic E-state index is 12.4. The normalized spacial score (nSPS) is 16.0. The number of ether oxygens (including phenoxy) is 1. The fraction of sp³-hybridized carbons (Fsp3) is 0.324. The second-order valence-corrected chi connectivity index (χ2v) is 12.2. The zero-order valence-electron chi connectivity index (χ0n) is 25.3. The largest absolute Gasteiger partial charge is 0.389 e. The lowest BCUT2D eigenvalue weighted by Crippen LogP contribution is -2.40. The van der Waals surface area contributed by atoms with Crippen LogP contribution < -0.4 is 10.5 Å². The van der Waals surface area contributed by atoms with Gasteiger partial charge in [0.2, 0.25) is 0 Å². The highest BCUT2D eigenvalue weighted by atomic mass is 35.5. The summed E-state index contributed by atoms with van der Waals surface area (Å²) in [5.41, 5.74) is 4.29. The highest BCUT2D eigenvalue weighted by Crippen LogP contribution is 2.36. The molecule has 1 aliphatic heterocycles. The molecule has 1 aliphatic rings. The van der Waals surface area contributed by atoms with Crippen molar-refractivity contribution in [2.75, 3.05) is 38.3 Å². The van der Waals surface area contributed by atoms with Crippen molar-refractivity contribution in [1.29, 1.82) is 0 Å². The van der Waals surface area contributed by atoms with Crippen LogP contribution in [0.3, 0.4) is 0 Å². The zero-order chi connectivity index (χ0) is 30.9. The highest BCUT2D eigenvalue weighted by molar-refractivity contribution is 6.30. The summed E-state index contributed by atoms with van der Waals surface area (Å²) < 4.78 is 7.56. The lowest BCUT2D eigenvalue weighted by Gasteiger charge is -2.37. The number of allylic oxidation sites excluding steroid dienone is 2. The highest BCUT2D eigenvalue weighted by Gasteiger charge is 2.28. The Hall–Kier alpha value is -3.98. The number of morpholine rings is 1. The number of likely N-dealkylation sites (N-methyl/N-ethyl adjacent to an activating group) is 1. The summed E-state index contributed by atoms with van der Waals surface area (Å²) in [4.78, 5) is 26.7. The van der Waals surface area contributed by atoms with Crippen LogP contribution in [0.15, 0.2) is 78.4 Å². The third-order valence-corrected chi connectivity index (χ3v) is 7.75. The van der Waals surface area contributed by atoms with Crippen molar-refractivity contribution in [2.24, 2.45) is 7.05 Å². The molecule has 1 atom stereocenters. The number of hydrogen-bond acceptors (Lipinski definition) is 7. The molecular formula is C34H38ClN5O3. The summed E-state index contributed by atoms with van der Waals surface area (Å²) in [6, 6.07) is 15.8. The summed E-state index contributed by atoms with van der Waals surface area (Å²) in [7, 11) is 3.67. The van der Waals surface area contributed by atoms with Gasteiger partial charge in [0.25, 0.3) is 5.56 Å². The minimum atomic E-state index is -0.873. The number of aromatic nitrogens is 3. The third kappa shape index (κ3) is 6.82. The Bertz CT molecular complexity index is 1710. The monoisotopic (exact) mass is 599 g/mol. The van der Waals surface area contributed by atoms with Gasteiger partial charge in [-0.1, -0.05) is 42.5 Å². The number of nitrogens with zero attached hydrogens (tertiary/aromatic N) is 5. The molecule has 1 unspecified atom stereocenters. The van der Waals surface area contributed by atoms with E-state index in [1.807, 2.05) is 73.7 Å². The Labute approximate surface area is 257 Å². The molecule has 2 aromatic carbocycles. The first-order valence-electron chi connectivity index (χ1n) is 14.3. The lowest BCUT2D eigenvalue weighted by atomic mass is 10.0. The van der Waals surface area contributed by atoms with Crippen LogP contribution in [0.25, 0.3) is 27.6 Å². The van der Waals surface area contributed by atoms with Crippen molar-refractivity contribution in [3.05, 3.63) is 106 Å². The Kier molecular flexibility index (Phi) is 8.74. The average molecular weight is 600 g/mol. The number of halogens is 1. The second-order valence-electron chi connectivity index (χ2n) is 11.8. The number of anilines is 1. The van der Waals surface area contributed by atoms with Gasteiger partial charge in [-0.2, -0.15) is 0 Å². The number of fused-ring (bicyclic) bond motifs is 1. The smallest absolute Gasteiger partial charge is 0.253 e. The van der Waals surface area contributed by atoms with Gasteiger partial charge in [0.1, 0.15) is 5.82 Å². The van der Waals surface area contributed by atoms with Crippen molar-refractivity contribution in [3.8, 4) is 11.1 Å². The fourth-order valence-corrected chi connectivity index (χ4v) is 5.71. The van der Waals surface area contributed by atoms with Crippen LogP contribution in [-0.4, -0.2) is 63.5 Å². The number of aliphatic hydroxyl groups is 1. The Balaban J connectivity index is 1.70. The van der Waals surface area contributed by atoms with E-state index in [4.69, 9.17) is 26.3 Å². The van der Waals surface area contributed by atoms with Gasteiger partial charge in [-0.25, -0.2) is 9.97 Å². The van der Waals surface area contributed by atoms with E-state index < -0.39 is 5.60 Å². The van der Waals surface area contributed by atoms with E-state index in [9.17, 15) is 9.90 Å². The van der Waals surface area contributed by atoms with Gasteiger partial charge in [0.05, 0.1) is 30.4 Å². The molecule has 1 saturated heterocycles. The lowest BCUT2D eigenvalue weighted by molar-refractivity contribution is 0.0570. The number of hydrogen-bond donors (Lipinski definition) is 1. The van der Waals surface area contributed by atoms with E-state index >= 15 is 0 Å². The van der Waals surface area contributed by atoms with E-state index in [2.05, 4.69) is 17.5 Å². The number of benzene rings is 2. The maximum absolute atomic E-state index is 12.4. The molecule has 0 saturated carbocycles. The molecule has 1 N–H and O–H groups in total. The quantitative estimate of drug-likeness (QED) is 0.258. The molecule has 2 aromatic heterocycles.